The highest BCUT2D eigenvalue weighted by Crippen LogP contribution is 2.30. The van der Waals surface area contributed by atoms with Crippen LogP contribution in [0.2, 0.25) is 0 Å². The normalized spacial score (nSPS) is 13.5. The molecule has 2 aromatic carbocycles. The molecule has 0 saturated heterocycles. The Morgan fingerprint density at radius 1 is 1.12 bits per heavy atom. The van der Waals surface area contributed by atoms with Crippen molar-refractivity contribution in [3.63, 3.8) is 0 Å². The summed E-state index contributed by atoms with van der Waals surface area (Å²) in [6, 6.07) is 12.7. The number of carbonyl (C=O) groups excluding carboxylic acids is 1. The number of nitro groups is 1. The van der Waals surface area contributed by atoms with Crippen LogP contribution in [-0.2, 0) is 17.8 Å². The summed E-state index contributed by atoms with van der Waals surface area (Å²) in [5.74, 6) is -0.559. The Morgan fingerprint density at radius 2 is 1.75 bits per heavy atom. The van der Waals surface area contributed by atoms with E-state index in [4.69, 9.17) is 0 Å². The lowest BCUT2D eigenvalue weighted by atomic mass is 10.1. The summed E-state index contributed by atoms with van der Waals surface area (Å²) < 4.78 is 13.9. The molecule has 0 bridgehead atoms. The van der Waals surface area contributed by atoms with Crippen LogP contribution >= 0.6 is 0 Å². The van der Waals surface area contributed by atoms with Crippen LogP contribution in [0.4, 0.5) is 10.1 Å². The number of hydrogen-bond acceptors (Lipinski definition) is 3. The number of nitrogens with zero attached hydrogens (tertiary/aromatic N) is 2. The van der Waals surface area contributed by atoms with Crippen LogP contribution in [0.5, 0.6) is 0 Å². The Balaban J connectivity index is 1.79. The van der Waals surface area contributed by atoms with Crippen molar-refractivity contribution in [2.24, 2.45) is 0 Å². The molecule has 0 heterocycles. The van der Waals surface area contributed by atoms with Crippen LogP contribution in [0, 0.1) is 15.9 Å². The smallest absolute Gasteiger partial charge is 0.273 e. The van der Waals surface area contributed by atoms with Crippen LogP contribution in [0.1, 0.15) is 24.0 Å². The van der Waals surface area contributed by atoms with Crippen LogP contribution in [-0.4, -0.2) is 21.8 Å². The maximum Gasteiger partial charge on any atom is 0.273 e. The Labute approximate surface area is 138 Å². The molecular weight excluding hydrogens is 311 g/mol. The minimum Gasteiger partial charge on any atom is -0.335 e. The number of para-hydroxylation sites is 1. The molecule has 1 aliphatic carbocycles. The minimum atomic E-state index is -0.485. The lowest BCUT2D eigenvalue weighted by Gasteiger charge is -2.23. The second-order valence-corrected chi connectivity index (χ2v) is 5.91. The summed E-state index contributed by atoms with van der Waals surface area (Å²) in [5.41, 5.74) is 0.777. The second-order valence-electron chi connectivity index (χ2n) is 5.91. The molecule has 1 fully saturated rings. The number of carbonyl (C=O) groups is 1. The number of benzene rings is 2. The summed E-state index contributed by atoms with van der Waals surface area (Å²) >= 11 is 0. The van der Waals surface area contributed by atoms with E-state index in [1.54, 1.807) is 41.3 Å². The van der Waals surface area contributed by atoms with Crippen molar-refractivity contribution in [1.29, 1.82) is 0 Å². The molecule has 0 N–H and O–H groups in total. The van der Waals surface area contributed by atoms with Gasteiger partial charge in [-0.1, -0.05) is 36.4 Å². The molecule has 0 atom stereocenters. The molecular formula is C18H17FN2O3. The van der Waals surface area contributed by atoms with E-state index in [1.807, 2.05) is 0 Å². The minimum absolute atomic E-state index is 0.0535. The Kier molecular flexibility index (Phi) is 4.55. The monoisotopic (exact) mass is 328 g/mol. The predicted molar refractivity (Wildman–Crippen MR) is 86.8 cm³/mol. The molecule has 5 nitrogen and oxygen atoms in total. The van der Waals surface area contributed by atoms with E-state index < -0.39 is 4.92 Å². The molecule has 1 saturated carbocycles. The van der Waals surface area contributed by atoms with Crippen molar-refractivity contribution in [3.8, 4) is 0 Å². The van der Waals surface area contributed by atoms with Gasteiger partial charge in [0.15, 0.2) is 0 Å². The zero-order chi connectivity index (χ0) is 17.1. The third-order valence-corrected chi connectivity index (χ3v) is 4.14. The fraction of sp³-hybridized carbons (Fsp3) is 0.278. The van der Waals surface area contributed by atoms with Gasteiger partial charge in [-0.05, 0) is 18.9 Å². The predicted octanol–water partition coefficient (Wildman–Crippen LogP) is 3.47. The van der Waals surface area contributed by atoms with Crippen LogP contribution < -0.4 is 0 Å². The maximum atomic E-state index is 13.9. The molecule has 0 spiro atoms. The van der Waals surface area contributed by atoms with E-state index in [1.165, 1.54) is 12.1 Å². The first-order chi connectivity index (χ1) is 11.6. The van der Waals surface area contributed by atoms with Crippen LogP contribution in [0.15, 0.2) is 48.5 Å². The molecule has 0 radical (unpaired) electrons. The molecule has 3 rings (SSSR count). The van der Waals surface area contributed by atoms with Crippen molar-refractivity contribution in [1.82, 2.24) is 4.90 Å². The quantitative estimate of drug-likeness (QED) is 0.602. The third kappa shape index (κ3) is 3.59. The highest BCUT2D eigenvalue weighted by molar-refractivity contribution is 5.80. The zero-order valence-corrected chi connectivity index (χ0v) is 13.0. The van der Waals surface area contributed by atoms with Gasteiger partial charge >= 0.3 is 0 Å². The fourth-order valence-electron chi connectivity index (χ4n) is 2.72. The van der Waals surface area contributed by atoms with E-state index in [0.717, 1.165) is 12.8 Å². The largest absolute Gasteiger partial charge is 0.335 e. The van der Waals surface area contributed by atoms with Gasteiger partial charge in [0, 0.05) is 29.8 Å². The van der Waals surface area contributed by atoms with Gasteiger partial charge in [0.2, 0.25) is 5.91 Å². The van der Waals surface area contributed by atoms with Crippen molar-refractivity contribution in [2.75, 3.05) is 0 Å². The van der Waals surface area contributed by atoms with Gasteiger partial charge in [-0.25, -0.2) is 4.39 Å². The summed E-state index contributed by atoms with van der Waals surface area (Å²) in [4.78, 5) is 24.9. The summed E-state index contributed by atoms with van der Waals surface area (Å²) in [6.45, 7) is 0.191. The van der Waals surface area contributed by atoms with Gasteiger partial charge in [0.05, 0.1) is 11.3 Å². The number of halogens is 1. The van der Waals surface area contributed by atoms with E-state index in [2.05, 4.69) is 0 Å². The van der Waals surface area contributed by atoms with Crippen LogP contribution in [0.25, 0.3) is 0 Å². The highest BCUT2D eigenvalue weighted by atomic mass is 19.1. The number of hydrogen-bond donors (Lipinski definition) is 0. The van der Waals surface area contributed by atoms with Crippen molar-refractivity contribution in [2.45, 2.75) is 31.8 Å². The van der Waals surface area contributed by atoms with Gasteiger partial charge < -0.3 is 4.90 Å². The fourth-order valence-corrected chi connectivity index (χ4v) is 2.72. The Morgan fingerprint density at radius 3 is 2.38 bits per heavy atom. The molecule has 1 amide bonds. The van der Waals surface area contributed by atoms with E-state index in [-0.39, 0.29) is 36.4 Å². The standard InChI is InChI=1S/C18H17FN2O3/c19-16-7-3-1-6-14(16)12-20(15-9-10-15)18(22)11-13-5-2-4-8-17(13)21(23)24/h1-8,15H,9-12H2. The summed E-state index contributed by atoms with van der Waals surface area (Å²) in [7, 11) is 0. The van der Waals surface area contributed by atoms with E-state index >= 15 is 0 Å². The average molecular weight is 328 g/mol. The highest BCUT2D eigenvalue weighted by Gasteiger charge is 2.33. The number of rotatable bonds is 6. The maximum absolute atomic E-state index is 13.9. The van der Waals surface area contributed by atoms with Crippen molar-refractivity contribution in [3.05, 3.63) is 75.6 Å². The average Bonchev–Trinajstić information content (AvgIpc) is 3.39. The Bertz CT molecular complexity index is 774. The topological polar surface area (TPSA) is 63.4 Å². The zero-order valence-electron chi connectivity index (χ0n) is 13.0. The lowest BCUT2D eigenvalue weighted by molar-refractivity contribution is -0.385. The van der Waals surface area contributed by atoms with Crippen molar-refractivity contribution < 1.29 is 14.1 Å². The number of nitro benzene ring substituents is 1. The molecule has 1 aliphatic rings. The molecule has 124 valence electrons. The second kappa shape index (κ2) is 6.78. The first kappa shape index (κ1) is 16.1. The van der Waals surface area contributed by atoms with Gasteiger partial charge in [0.1, 0.15) is 5.82 Å². The molecule has 24 heavy (non-hydrogen) atoms. The van der Waals surface area contributed by atoms with Crippen molar-refractivity contribution >= 4 is 11.6 Å². The number of amides is 1. The molecule has 6 heteroatoms. The Hall–Kier alpha value is -2.76. The summed E-state index contributed by atoms with van der Waals surface area (Å²) in [5, 5.41) is 11.1. The van der Waals surface area contributed by atoms with Gasteiger partial charge in [-0.3, -0.25) is 14.9 Å². The molecule has 2 aromatic rings. The van der Waals surface area contributed by atoms with Crippen LogP contribution in [0.3, 0.4) is 0 Å². The summed E-state index contributed by atoms with van der Waals surface area (Å²) in [6.07, 6.45) is 1.72. The van der Waals surface area contributed by atoms with Gasteiger partial charge in [0.25, 0.3) is 5.69 Å². The molecule has 0 aliphatic heterocycles. The SMILES string of the molecule is O=C(Cc1ccccc1[N+](=O)[O-])N(Cc1ccccc1F)C1CC1. The molecule has 0 unspecified atom stereocenters. The third-order valence-electron chi connectivity index (χ3n) is 4.14. The first-order valence-corrected chi connectivity index (χ1v) is 7.81. The first-order valence-electron chi connectivity index (χ1n) is 7.81. The van der Waals surface area contributed by atoms with Gasteiger partial charge in [-0.2, -0.15) is 0 Å². The molecule has 0 aromatic heterocycles. The van der Waals surface area contributed by atoms with Gasteiger partial charge in [-0.15, -0.1) is 0 Å². The lowest BCUT2D eigenvalue weighted by Crippen LogP contribution is -2.34. The van der Waals surface area contributed by atoms with E-state index in [9.17, 15) is 19.3 Å². The van der Waals surface area contributed by atoms with E-state index in [0.29, 0.717) is 11.1 Å².